The molecule has 22 heavy (non-hydrogen) atoms. The molecule has 0 bridgehead atoms. The van der Waals surface area contributed by atoms with E-state index in [2.05, 4.69) is 10.5 Å². The van der Waals surface area contributed by atoms with Gasteiger partial charge >= 0.3 is 0 Å². The van der Waals surface area contributed by atoms with E-state index in [1.807, 2.05) is 42.5 Å². The average Bonchev–Trinajstić information content (AvgIpc) is 2.92. The van der Waals surface area contributed by atoms with Gasteiger partial charge in [0.15, 0.2) is 11.9 Å². The first kappa shape index (κ1) is 14.1. The molecule has 0 fully saturated rings. The molecule has 5 nitrogen and oxygen atoms in total. The van der Waals surface area contributed by atoms with Crippen LogP contribution >= 0.6 is 0 Å². The number of hydrogen-bond donors (Lipinski definition) is 1. The van der Waals surface area contributed by atoms with Crippen LogP contribution < -0.4 is 10.1 Å². The van der Waals surface area contributed by atoms with E-state index in [4.69, 9.17) is 9.26 Å². The van der Waals surface area contributed by atoms with E-state index < -0.39 is 6.10 Å². The van der Waals surface area contributed by atoms with Crippen molar-refractivity contribution in [1.82, 2.24) is 5.16 Å². The lowest BCUT2D eigenvalue weighted by Gasteiger charge is -2.15. The molecular weight excluding hydrogens is 280 g/mol. The molecule has 1 N–H and O–H groups in total. The molecule has 2 aromatic carbocycles. The Labute approximate surface area is 127 Å². The first-order valence-corrected chi connectivity index (χ1v) is 7.02. The Morgan fingerprint density at radius 1 is 1.23 bits per heavy atom. The quantitative estimate of drug-likeness (QED) is 0.799. The lowest BCUT2D eigenvalue weighted by atomic mass is 10.1. The lowest BCUT2D eigenvalue weighted by Crippen LogP contribution is -2.30. The molecule has 0 aliphatic carbocycles. The number of ether oxygens (including phenoxy) is 1. The van der Waals surface area contributed by atoms with Crippen molar-refractivity contribution < 1.29 is 14.1 Å². The van der Waals surface area contributed by atoms with Gasteiger partial charge in [-0.3, -0.25) is 4.79 Å². The van der Waals surface area contributed by atoms with E-state index in [0.717, 1.165) is 10.8 Å². The van der Waals surface area contributed by atoms with Crippen LogP contribution in [0.5, 0.6) is 5.75 Å². The van der Waals surface area contributed by atoms with Crippen LogP contribution in [0.2, 0.25) is 0 Å². The predicted octanol–water partition coefficient (Wildman–Crippen LogP) is 3.54. The molecule has 5 heteroatoms. The van der Waals surface area contributed by atoms with Gasteiger partial charge < -0.3 is 14.6 Å². The number of benzene rings is 2. The molecule has 1 aromatic heterocycles. The molecule has 0 unspecified atom stereocenters. The van der Waals surface area contributed by atoms with E-state index in [0.29, 0.717) is 17.3 Å². The van der Waals surface area contributed by atoms with Crippen LogP contribution in [0.15, 0.2) is 53.1 Å². The first-order chi connectivity index (χ1) is 10.6. The molecule has 0 aliphatic rings. The normalized spacial score (nSPS) is 12.1. The Morgan fingerprint density at radius 2 is 2.00 bits per heavy atom. The second-order valence-corrected chi connectivity index (χ2v) is 5.05. The van der Waals surface area contributed by atoms with Crippen LogP contribution in [-0.4, -0.2) is 17.2 Å². The van der Waals surface area contributed by atoms with Crippen molar-refractivity contribution in [3.05, 3.63) is 54.3 Å². The third-order valence-corrected chi connectivity index (χ3v) is 3.30. The number of nitrogens with zero attached hydrogens (tertiary/aromatic N) is 1. The van der Waals surface area contributed by atoms with E-state index >= 15 is 0 Å². The van der Waals surface area contributed by atoms with Crippen LogP contribution in [0.1, 0.15) is 12.7 Å². The van der Waals surface area contributed by atoms with Gasteiger partial charge in [-0.1, -0.05) is 41.6 Å². The number of hydrogen-bond acceptors (Lipinski definition) is 4. The van der Waals surface area contributed by atoms with Gasteiger partial charge in [0.1, 0.15) is 11.5 Å². The fourth-order valence-corrected chi connectivity index (χ4v) is 2.20. The summed E-state index contributed by atoms with van der Waals surface area (Å²) in [6, 6.07) is 15.3. The van der Waals surface area contributed by atoms with Crippen molar-refractivity contribution in [3.8, 4) is 5.75 Å². The molecule has 112 valence electrons. The third kappa shape index (κ3) is 2.93. The Morgan fingerprint density at radius 3 is 2.77 bits per heavy atom. The summed E-state index contributed by atoms with van der Waals surface area (Å²) in [5, 5.41) is 8.44. The molecule has 1 atom stereocenters. The Hall–Kier alpha value is -2.82. The second-order valence-electron chi connectivity index (χ2n) is 5.05. The van der Waals surface area contributed by atoms with Crippen molar-refractivity contribution in [1.29, 1.82) is 0 Å². The number of amides is 1. The smallest absolute Gasteiger partial charge is 0.266 e. The monoisotopic (exact) mass is 296 g/mol. The second kappa shape index (κ2) is 5.89. The third-order valence-electron chi connectivity index (χ3n) is 3.30. The zero-order valence-corrected chi connectivity index (χ0v) is 12.4. The maximum atomic E-state index is 12.1. The number of aromatic nitrogens is 1. The minimum absolute atomic E-state index is 0.277. The molecule has 0 saturated carbocycles. The number of rotatable bonds is 4. The van der Waals surface area contributed by atoms with Crippen LogP contribution in [0.4, 0.5) is 5.82 Å². The number of nitrogens with one attached hydrogen (secondary N) is 1. The van der Waals surface area contributed by atoms with Crippen LogP contribution in [0.25, 0.3) is 10.8 Å². The van der Waals surface area contributed by atoms with Crippen molar-refractivity contribution in [2.24, 2.45) is 0 Å². The highest BCUT2D eigenvalue weighted by atomic mass is 16.5. The molecule has 3 aromatic rings. The van der Waals surface area contributed by atoms with Gasteiger partial charge in [0.2, 0.25) is 0 Å². The molecule has 1 heterocycles. The summed E-state index contributed by atoms with van der Waals surface area (Å²) in [6.07, 6.45) is -0.650. The van der Waals surface area contributed by atoms with Gasteiger partial charge in [-0.05, 0) is 25.3 Å². The summed E-state index contributed by atoms with van der Waals surface area (Å²) in [4.78, 5) is 12.1. The van der Waals surface area contributed by atoms with Crippen LogP contribution in [0.3, 0.4) is 0 Å². The highest BCUT2D eigenvalue weighted by molar-refractivity contribution is 5.94. The van der Waals surface area contributed by atoms with Gasteiger partial charge in [-0.2, -0.15) is 0 Å². The van der Waals surface area contributed by atoms with E-state index in [-0.39, 0.29) is 5.91 Å². The highest BCUT2D eigenvalue weighted by Crippen LogP contribution is 2.26. The van der Waals surface area contributed by atoms with Crippen molar-refractivity contribution >= 4 is 22.5 Å². The fourth-order valence-electron chi connectivity index (χ4n) is 2.20. The fraction of sp³-hybridized carbons (Fsp3) is 0.176. The maximum Gasteiger partial charge on any atom is 0.266 e. The molecule has 0 aliphatic heterocycles. The Balaban J connectivity index is 1.75. The van der Waals surface area contributed by atoms with Crippen LogP contribution in [-0.2, 0) is 4.79 Å². The molecule has 1 amide bonds. The predicted molar refractivity (Wildman–Crippen MR) is 83.9 cm³/mol. The maximum absolute atomic E-state index is 12.1. The Kier molecular flexibility index (Phi) is 3.78. The number of anilines is 1. The summed E-state index contributed by atoms with van der Waals surface area (Å²) < 4.78 is 10.7. The zero-order valence-electron chi connectivity index (χ0n) is 12.4. The molecule has 3 rings (SSSR count). The standard InChI is InChI=1S/C17H16N2O3/c1-11-10-16(19-22-11)18-17(20)12(2)21-15-9-5-7-13-6-3-4-8-14(13)15/h3-10,12H,1-2H3,(H,18,19,20)/t12-/m0/s1. The molecule has 0 radical (unpaired) electrons. The number of carbonyl (C=O) groups is 1. The van der Waals surface area contributed by atoms with E-state index in [9.17, 15) is 4.79 Å². The summed E-state index contributed by atoms with van der Waals surface area (Å²) in [7, 11) is 0. The molecule has 0 saturated heterocycles. The van der Waals surface area contributed by atoms with Crippen molar-refractivity contribution in [2.75, 3.05) is 5.32 Å². The van der Waals surface area contributed by atoms with E-state index in [1.54, 1.807) is 19.9 Å². The van der Waals surface area contributed by atoms with Crippen molar-refractivity contribution in [3.63, 3.8) is 0 Å². The topological polar surface area (TPSA) is 64.4 Å². The SMILES string of the molecule is Cc1cc(NC(=O)[C@H](C)Oc2cccc3ccccc23)no1. The summed E-state index contributed by atoms with van der Waals surface area (Å²) in [6.45, 7) is 3.46. The number of fused-ring (bicyclic) bond motifs is 1. The van der Waals surface area contributed by atoms with Gasteiger partial charge in [-0.25, -0.2) is 0 Å². The Bertz CT molecular complexity index is 805. The minimum Gasteiger partial charge on any atom is -0.480 e. The van der Waals surface area contributed by atoms with E-state index in [1.165, 1.54) is 0 Å². The summed E-state index contributed by atoms with van der Waals surface area (Å²) >= 11 is 0. The average molecular weight is 296 g/mol. The number of aryl methyl sites for hydroxylation is 1. The molecule has 0 spiro atoms. The first-order valence-electron chi connectivity index (χ1n) is 7.02. The van der Waals surface area contributed by atoms with Crippen molar-refractivity contribution in [2.45, 2.75) is 20.0 Å². The number of carbonyl (C=O) groups excluding carboxylic acids is 1. The highest BCUT2D eigenvalue weighted by Gasteiger charge is 2.17. The van der Waals surface area contributed by atoms with Crippen LogP contribution in [0, 0.1) is 6.92 Å². The zero-order chi connectivity index (χ0) is 15.5. The summed E-state index contributed by atoms with van der Waals surface area (Å²) in [5.74, 6) is 1.42. The summed E-state index contributed by atoms with van der Waals surface area (Å²) in [5.41, 5.74) is 0. The van der Waals surface area contributed by atoms with Gasteiger partial charge in [0.05, 0.1) is 0 Å². The van der Waals surface area contributed by atoms with Gasteiger partial charge in [-0.15, -0.1) is 0 Å². The van der Waals surface area contributed by atoms with Gasteiger partial charge in [0, 0.05) is 11.5 Å². The largest absolute Gasteiger partial charge is 0.480 e. The molecular formula is C17H16N2O3. The van der Waals surface area contributed by atoms with Gasteiger partial charge in [0.25, 0.3) is 5.91 Å². The minimum atomic E-state index is -0.650. The lowest BCUT2D eigenvalue weighted by molar-refractivity contribution is -0.122.